The second-order valence-corrected chi connectivity index (χ2v) is 6.28. The number of anilines is 2. The van der Waals surface area contributed by atoms with Gasteiger partial charge in [0.2, 0.25) is 11.8 Å². The summed E-state index contributed by atoms with van der Waals surface area (Å²) in [5.74, 6) is -0.408. The normalized spacial score (nSPS) is 10.3. The van der Waals surface area contributed by atoms with Crippen molar-refractivity contribution in [3.05, 3.63) is 58.1 Å². The minimum atomic E-state index is -0.243. The predicted octanol–water partition coefficient (Wildman–Crippen LogP) is 4.06. The molecular weight excluding hydrogens is 356 g/mol. The Labute approximate surface area is 144 Å². The fourth-order valence-electron chi connectivity index (χ4n) is 2.27. The minimum absolute atomic E-state index is 0.0268. The molecule has 4 nitrogen and oxygen atoms in total. The molecule has 2 rings (SSSR count). The van der Waals surface area contributed by atoms with Crippen molar-refractivity contribution in [2.24, 2.45) is 0 Å². The SMILES string of the molecule is CC(=O)N(CC(=O)Nc1ccccc1Br)c1cc(C)ccc1C. The van der Waals surface area contributed by atoms with Crippen molar-refractivity contribution in [2.75, 3.05) is 16.8 Å². The van der Waals surface area contributed by atoms with E-state index in [-0.39, 0.29) is 18.4 Å². The van der Waals surface area contributed by atoms with E-state index in [1.807, 2.05) is 50.2 Å². The number of rotatable bonds is 4. The van der Waals surface area contributed by atoms with Crippen LogP contribution in [0, 0.1) is 13.8 Å². The number of nitrogens with zero attached hydrogens (tertiary/aromatic N) is 1. The van der Waals surface area contributed by atoms with Gasteiger partial charge in [0, 0.05) is 17.1 Å². The number of aryl methyl sites for hydroxylation is 2. The van der Waals surface area contributed by atoms with Crippen LogP contribution in [0.25, 0.3) is 0 Å². The predicted molar refractivity (Wildman–Crippen MR) is 96.7 cm³/mol. The molecule has 23 heavy (non-hydrogen) atoms. The molecule has 2 aromatic rings. The van der Waals surface area contributed by atoms with Crippen LogP contribution in [0.2, 0.25) is 0 Å². The van der Waals surface area contributed by atoms with Gasteiger partial charge in [-0.15, -0.1) is 0 Å². The van der Waals surface area contributed by atoms with E-state index in [1.165, 1.54) is 11.8 Å². The smallest absolute Gasteiger partial charge is 0.244 e. The number of hydrogen-bond donors (Lipinski definition) is 1. The summed E-state index contributed by atoms with van der Waals surface area (Å²) in [7, 11) is 0. The molecule has 1 N–H and O–H groups in total. The van der Waals surface area contributed by atoms with Crippen LogP contribution in [-0.4, -0.2) is 18.4 Å². The number of amides is 2. The summed E-state index contributed by atoms with van der Waals surface area (Å²) < 4.78 is 0.800. The average Bonchev–Trinajstić information content (AvgIpc) is 2.49. The Morgan fingerprint density at radius 3 is 2.48 bits per heavy atom. The highest BCUT2D eigenvalue weighted by Crippen LogP contribution is 2.23. The molecule has 0 fully saturated rings. The molecule has 0 aliphatic rings. The molecule has 0 aromatic heterocycles. The number of nitrogens with one attached hydrogen (secondary N) is 1. The highest BCUT2D eigenvalue weighted by atomic mass is 79.9. The van der Waals surface area contributed by atoms with Crippen LogP contribution in [0.3, 0.4) is 0 Å². The second-order valence-electron chi connectivity index (χ2n) is 5.42. The molecule has 0 unspecified atom stereocenters. The molecular formula is C18H19BrN2O2. The van der Waals surface area contributed by atoms with E-state index in [2.05, 4.69) is 21.2 Å². The maximum absolute atomic E-state index is 12.3. The zero-order valence-electron chi connectivity index (χ0n) is 13.4. The highest BCUT2D eigenvalue weighted by molar-refractivity contribution is 9.10. The lowest BCUT2D eigenvalue weighted by atomic mass is 10.1. The van der Waals surface area contributed by atoms with E-state index in [9.17, 15) is 9.59 Å². The monoisotopic (exact) mass is 374 g/mol. The summed E-state index contributed by atoms with van der Waals surface area (Å²) in [6.07, 6.45) is 0. The summed E-state index contributed by atoms with van der Waals surface area (Å²) in [6, 6.07) is 13.2. The summed E-state index contributed by atoms with van der Waals surface area (Å²) >= 11 is 3.39. The zero-order chi connectivity index (χ0) is 17.0. The lowest BCUT2D eigenvalue weighted by Gasteiger charge is -2.23. The first-order valence-electron chi connectivity index (χ1n) is 7.28. The first-order valence-corrected chi connectivity index (χ1v) is 8.07. The Balaban J connectivity index is 2.20. The van der Waals surface area contributed by atoms with Gasteiger partial charge >= 0.3 is 0 Å². The third-order valence-corrected chi connectivity index (χ3v) is 4.18. The zero-order valence-corrected chi connectivity index (χ0v) is 15.0. The average molecular weight is 375 g/mol. The van der Waals surface area contributed by atoms with Crippen molar-refractivity contribution in [1.29, 1.82) is 0 Å². The summed E-state index contributed by atoms with van der Waals surface area (Å²) in [4.78, 5) is 25.8. The standard InChI is InChI=1S/C18H19BrN2O2/c1-12-8-9-13(2)17(10-12)21(14(3)22)11-18(23)20-16-7-5-4-6-15(16)19/h4-10H,11H2,1-3H3,(H,20,23). The largest absolute Gasteiger partial charge is 0.324 e. The van der Waals surface area contributed by atoms with Gasteiger partial charge in [0.15, 0.2) is 0 Å². The van der Waals surface area contributed by atoms with Gasteiger partial charge in [-0.2, -0.15) is 0 Å². The van der Waals surface area contributed by atoms with Crippen LogP contribution < -0.4 is 10.2 Å². The van der Waals surface area contributed by atoms with Crippen LogP contribution in [0.4, 0.5) is 11.4 Å². The third-order valence-electron chi connectivity index (χ3n) is 3.49. The molecule has 0 atom stereocenters. The molecule has 0 saturated carbocycles. The molecule has 120 valence electrons. The molecule has 0 radical (unpaired) electrons. The van der Waals surface area contributed by atoms with Gasteiger partial charge in [0.1, 0.15) is 6.54 Å². The maximum atomic E-state index is 12.3. The fourth-order valence-corrected chi connectivity index (χ4v) is 2.66. The number of para-hydroxylation sites is 1. The molecule has 2 aromatic carbocycles. The lowest BCUT2D eigenvalue weighted by molar-refractivity contribution is -0.120. The number of halogens is 1. The Kier molecular flexibility index (Phi) is 5.55. The lowest BCUT2D eigenvalue weighted by Crippen LogP contribution is -2.37. The van der Waals surface area contributed by atoms with Gasteiger partial charge in [-0.3, -0.25) is 9.59 Å². The van der Waals surface area contributed by atoms with Gasteiger partial charge in [0.25, 0.3) is 0 Å². The van der Waals surface area contributed by atoms with Crippen molar-refractivity contribution in [3.8, 4) is 0 Å². The van der Waals surface area contributed by atoms with Crippen molar-refractivity contribution >= 4 is 39.1 Å². The minimum Gasteiger partial charge on any atom is -0.324 e. The molecule has 0 aliphatic carbocycles. The van der Waals surface area contributed by atoms with Crippen molar-refractivity contribution in [2.45, 2.75) is 20.8 Å². The Morgan fingerprint density at radius 2 is 1.83 bits per heavy atom. The van der Waals surface area contributed by atoms with Gasteiger partial charge in [0.05, 0.1) is 5.69 Å². The first kappa shape index (κ1) is 17.2. The first-order chi connectivity index (χ1) is 10.9. The van der Waals surface area contributed by atoms with Gasteiger partial charge in [-0.05, 0) is 59.1 Å². The summed E-state index contributed by atoms with van der Waals surface area (Å²) in [5, 5.41) is 2.82. The van der Waals surface area contributed by atoms with E-state index in [4.69, 9.17) is 0 Å². The summed E-state index contributed by atoms with van der Waals surface area (Å²) in [6.45, 7) is 5.33. The van der Waals surface area contributed by atoms with E-state index in [0.29, 0.717) is 5.69 Å². The quantitative estimate of drug-likeness (QED) is 0.876. The van der Waals surface area contributed by atoms with Crippen molar-refractivity contribution in [3.63, 3.8) is 0 Å². The van der Waals surface area contributed by atoms with Crippen molar-refractivity contribution < 1.29 is 9.59 Å². The second kappa shape index (κ2) is 7.42. The van der Waals surface area contributed by atoms with Crippen LogP contribution >= 0.6 is 15.9 Å². The van der Waals surface area contributed by atoms with Crippen LogP contribution in [0.5, 0.6) is 0 Å². The Morgan fingerprint density at radius 1 is 1.13 bits per heavy atom. The molecule has 0 spiro atoms. The highest BCUT2D eigenvalue weighted by Gasteiger charge is 2.18. The number of carbonyl (C=O) groups excluding carboxylic acids is 2. The van der Waals surface area contributed by atoms with Gasteiger partial charge in [-0.25, -0.2) is 0 Å². The van der Waals surface area contributed by atoms with Crippen LogP contribution in [0.15, 0.2) is 46.9 Å². The number of benzene rings is 2. The van der Waals surface area contributed by atoms with Crippen LogP contribution in [-0.2, 0) is 9.59 Å². The van der Waals surface area contributed by atoms with E-state index in [0.717, 1.165) is 21.3 Å². The topological polar surface area (TPSA) is 49.4 Å². The molecule has 0 aliphatic heterocycles. The van der Waals surface area contributed by atoms with Gasteiger partial charge in [-0.1, -0.05) is 24.3 Å². The van der Waals surface area contributed by atoms with E-state index in [1.54, 1.807) is 6.07 Å². The third kappa shape index (κ3) is 4.42. The number of hydrogen-bond acceptors (Lipinski definition) is 2. The molecule has 2 amide bonds. The maximum Gasteiger partial charge on any atom is 0.244 e. The summed E-state index contributed by atoms with van der Waals surface area (Å²) in [5.41, 5.74) is 3.45. The molecule has 0 bridgehead atoms. The number of carbonyl (C=O) groups is 2. The van der Waals surface area contributed by atoms with Gasteiger partial charge < -0.3 is 10.2 Å². The van der Waals surface area contributed by atoms with Crippen molar-refractivity contribution in [1.82, 2.24) is 0 Å². The fraction of sp³-hybridized carbons (Fsp3) is 0.222. The molecule has 5 heteroatoms. The molecule has 0 saturated heterocycles. The van der Waals surface area contributed by atoms with Crippen LogP contribution in [0.1, 0.15) is 18.1 Å². The molecule has 0 heterocycles. The van der Waals surface area contributed by atoms with E-state index < -0.39 is 0 Å². The Hall–Kier alpha value is -2.14. The van der Waals surface area contributed by atoms with E-state index >= 15 is 0 Å². The Bertz CT molecular complexity index is 744.